The molecule has 0 aromatic rings. The lowest BCUT2D eigenvalue weighted by Gasteiger charge is -2.36. The average molecular weight is 294 g/mol. The van der Waals surface area contributed by atoms with E-state index >= 15 is 0 Å². The molecule has 0 fully saturated rings. The Morgan fingerprint density at radius 2 is 2.19 bits per heavy atom. The van der Waals surface area contributed by atoms with E-state index in [9.17, 15) is 4.79 Å². The first-order chi connectivity index (χ1) is 10.1. The van der Waals surface area contributed by atoms with Crippen LogP contribution in [0.4, 0.5) is 0 Å². The number of allylic oxidation sites excluding steroid dienone is 1. The number of aliphatic imine (C=N–C) groups is 1. The van der Waals surface area contributed by atoms with Crippen molar-refractivity contribution < 1.29 is 9.28 Å². The first-order valence-electron chi connectivity index (χ1n) is 8.43. The molecule has 4 nitrogen and oxygen atoms in total. The summed E-state index contributed by atoms with van der Waals surface area (Å²) in [6.45, 7) is 9.72. The molecule has 0 aromatic heterocycles. The summed E-state index contributed by atoms with van der Waals surface area (Å²) in [6, 6.07) is 0. The molecule has 1 rings (SSSR count). The van der Waals surface area contributed by atoms with Crippen LogP contribution in [0.5, 0.6) is 0 Å². The molecule has 1 N–H and O–H groups in total. The van der Waals surface area contributed by atoms with E-state index in [1.54, 1.807) is 6.92 Å². The molecule has 0 saturated carbocycles. The van der Waals surface area contributed by atoms with E-state index in [4.69, 9.17) is 0 Å². The minimum Gasteiger partial charge on any atom is -0.351 e. The van der Waals surface area contributed by atoms with Crippen LogP contribution in [-0.2, 0) is 4.79 Å². The number of quaternary nitrogens is 1. The Bertz CT molecular complexity index is 365. The molecular weight excluding hydrogens is 262 g/mol. The van der Waals surface area contributed by atoms with Crippen LogP contribution in [0.25, 0.3) is 0 Å². The molecule has 1 amide bonds. The maximum absolute atomic E-state index is 11.0. The molecule has 0 bridgehead atoms. The highest BCUT2D eigenvalue weighted by molar-refractivity contribution is 5.72. The number of nitrogens with zero attached hydrogens (tertiary/aromatic N) is 2. The number of rotatable bonds is 10. The number of amides is 1. The predicted molar refractivity (Wildman–Crippen MR) is 89.4 cm³/mol. The number of carbonyl (C=O) groups excluding carboxylic acids is 1. The number of likely N-dealkylation sites (N-methyl/N-ethyl adjacent to an activating group) is 1. The lowest BCUT2D eigenvalue weighted by molar-refractivity contribution is -0.928. The zero-order chi connectivity index (χ0) is 15.6. The van der Waals surface area contributed by atoms with Crippen LogP contribution < -0.4 is 5.32 Å². The van der Waals surface area contributed by atoms with Crippen molar-refractivity contribution in [3.8, 4) is 0 Å². The van der Waals surface area contributed by atoms with E-state index < -0.39 is 0 Å². The molecule has 0 radical (unpaired) electrons. The summed E-state index contributed by atoms with van der Waals surface area (Å²) in [5, 5.41) is 2.91. The molecular formula is C17H32N3O+. The van der Waals surface area contributed by atoms with E-state index in [1.165, 1.54) is 25.7 Å². The Labute approximate surface area is 129 Å². The summed E-state index contributed by atoms with van der Waals surface area (Å²) in [7, 11) is 0. The fourth-order valence-electron chi connectivity index (χ4n) is 2.86. The number of carbonyl (C=O) groups is 1. The van der Waals surface area contributed by atoms with Gasteiger partial charge in [0.25, 0.3) is 0 Å². The molecule has 21 heavy (non-hydrogen) atoms. The second kappa shape index (κ2) is 9.72. The highest BCUT2D eigenvalue weighted by Gasteiger charge is 2.35. The highest BCUT2D eigenvalue weighted by atomic mass is 16.1. The number of hydrogen-bond donors (Lipinski definition) is 1. The van der Waals surface area contributed by atoms with E-state index in [0.29, 0.717) is 0 Å². The van der Waals surface area contributed by atoms with Crippen LogP contribution in [0.1, 0.15) is 52.9 Å². The maximum atomic E-state index is 11.0. The highest BCUT2D eigenvalue weighted by Crippen LogP contribution is 2.20. The van der Waals surface area contributed by atoms with Gasteiger partial charge >= 0.3 is 0 Å². The normalized spacial score (nSPS) is 24.8. The van der Waals surface area contributed by atoms with Gasteiger partial charge in [-0.3, -0.25) is 9.28 Å². The quantitative estimate of drug-likeness (QED) is 0.376. The smallest absolute Gasteiger partial charge is 0.217 e. The van der Waals surface area contributed by atoms with Crippen LogP contribution in [0.2, 0.25) is 0 Å². The van der Waals surface area contributed by atoms with Gasteiger partial charge in [-0.1, -0.05) is 32.3 Å². The van der Waals surface area contributed by atoms with Gasteiger partial charge < -0.3 is 5.32 Å². The minimum absolute atomic E-state index is 0.0485. The van der Waals surface area contributed by atoms with Gasteiger partial charge in [-0.25, -0.2) is 4.99 Å². The maximum Gasteiger partial charge on any atom is 0.217 e. The topological polar surface area (TPSA) is 41.5 Å². The van der Waals surface area contributed by atoms with Crippen LogP contribution in [-0.4, -0.2) is 48.9 Å². The van der Waals surface area contributed by atoms with Gasteiger partial charge in [0, 0.05) is 6.92 Å². The Balaban J connectivity index is 2.44. The molecule has 120 valence electrons. The van der Waals surface area contributed by atoms with Crippen LogP contribution in [0.3, 0.4) is 0 Å². The van der Waals surface area contributed by atoms with Crippen molar-refractivity contribution in [2.45, 2.75) is 59.0 Å². The Morgan fingerprint density at radius 1 is 1.38 bits per heavy atom. The van der Waals surface area contributed by atoms with E-state index in [0.717, 1.165) is 37.1 Å². The minimum atomic E-state index is 0.0485. The zero-order valence-electron chi connectivity index (χ0n) is 14.0. The third kappa shape index (κ3) is 6.00. The van der Waals surface area contributed by atoms with Crippen molar-refractivity contribution in [3.63, 3.8) is 0 Å². The average Bonchev–Trinajstić information content (AvgIpc) is 2.86. The molecule has 1 aliphatic rings. The standard InChI is InChI=1S/C17H31N3O/c1-4-6-7-8-9-10-11-17-19-13-15-20(17,5-2)14-12-18-16(3)21/h10-11,13,17H,4-9,12,14-15H2,1-3H3/p+1/b11-10+. The predicted octanol–water partition coefficient (Wildman–Crippen LogP) is 2.90. The molecule has 1 heterocycles. The van der Waals surface area contributed by atoms with Crippen molar-refractivity contribution in [1.82, 2.24) is 5.32 Å². The first kappa shape index (κ1) is 17.9. The van der Waals surface area contributed by atoms with Crippen molar-refractivity contribution in [2.75, 3.05) is 26.2 Å². The third-order valence-electron chi connectivity index (χ3n) is 4.36. The first-order valence-corrected chi connectivity index (χ1v) is 8.43. The molecule has 0 aliphatic carbocycles. The number of unbranched alkanes of at least 4 members (excludes halogenated alkanes) is 4. The monoisotopic (exact) mass is 294 g/mol. The van der Waals surface area contributed by atoms with Crippen molar-refractivity contribution in [2.24, 2.45) is 4.99 Å². The van der Waals surface area contributed by atoms with Crippen molar-refractivity contribution in [3.05, 3.63) is 12.2 Å². The van der Waals surface area contributed by atoms with Gasteiger partial charge in [0.15, 0.2) is 0 Å². The molecule has 2 atom stereocenters. The van der Waals surface area contributed by atoms with Gasteiger partial charge in [0.1, 0.15) is 6.54 Å². The summed E-state index contributed by atoms with van der Waals surface area (Å²) in [4.78, 5) is 15.7. The van der Waals surface area contributed by atoms with Crippen LogP contribution >= 0.6 is 0 Å². The van der Waals surface area contributed by atoms with Gasteiger partial charge in [-0.2, -0.15) is 0 Å². The fourth-order valence-corrected chi connectivity index (χ4v) is 2.86. The summed E-state index contributed by atoms with van der Waals surface area (Å²) in [5.41, 5.74) is 0. The molecule has 4 heteroatoms. The second-order valence-electron chi connectivity index (χ2n) is 5.95. The van der Waals surface area contributed by atoms with Crippen molar-refractivity contribution in [1.29, 1.82) is 0 Å². The van der Waals surface area contributed by atoms with Crippen molar-refractivity contribution >= 4 is 12.1 Å². The Hall–Kier alpha value is -1.16. The summed E-state index contributed by atoms with van der Waals surface area (Å²) >= 11 is 0. The molecule has 0 saturated heterocycles. The Morgan fingerprint density at radius 3 is 2.86 bits per heavy atom. The molecule has 1 aliphatic heterocycles. The van der Waals surface area contributed by atoms with Crippen LogP contribution in [0, 0.1) is 0 Å². The van der Waals surface area contributed by atoms with Gasteiger partial charge in [-0.15, -0.1) is 0 Å². The van der Waals surface area contributed by atoms with Gasteiger partial charge in [0.05, 0.1) is 25.8 Å². The fraction of sp³-hybridized carbons (Fsp3) is 0.765. The SMILES string of the molecule is CCCCCC/C=C/C1N=CC[N+]1(CC)CCNC(C)=O. The second-order valence-corrected chi connectivity index (χ2v) is 5.95. The lowest BCUT2D eigenvalue weighted by Crippen LogP contribution is -2.54. The third-order valence-corrected chi connectivity index (χ3v) is 4.36. The lowest BCUT2D eigenvalue weighted by atomic mass is 10.1. The number of hydrogen-bond acceptors (Lipinski definition) is 2. The van der Waals surface area contributed by atoms with Gasteiger partial charge in [0.2, 0.25) is 12.1 Å². The van der Waals surface area contributed by atoms with Gasteiger partial charge in [-0.05, 0) is 25.8 Å². The summed E-state index contributed by atoms with van der Waals surface area (Å²) in [6.07, 6.45) is 13.2. The molecule has 0 aromatic carbocycles. The summed E-state index contributed by atoms with van der Waals surface area (Å²) < 4.78 is 0.936. The van der Waals surface area contributed by atoms with Crippen LogP contribution in [0.15, 0.2) is 17.1 Å². The summed E-state index contributed by atoms with van der Waals surface area (Å²) in [5.74, 6) is 0.0485. The van der Waals surface area contributed by atoms with E-state index in [-0.39, 0.29) is 12.1 Å². The molecule has 0 spiro atoms. The zero-order valence-corrected chi connectivity index (χ0v) is 14.0. The number of nitrogens with one attached hydrogen (secondary N) is 1. The Kier molecular flexibility index (Phi) is 8.28. The van der Waals surface area contributed by atoms with E-state index in [2.05, 4.69) is 36.3 Å². The molecule has 2 unspecified atom stereocenters. The van der Waals surface area contributed by atoms with E-state index in [1.807, 2.05) is 6.21 Å². The largest absolute Gasteiger partial charge is 0.351 e.